The van der Waals surface area contributed by atoms with Crippen molar-refractivity contribution in [3.8, 4) is 0 Å². The first kappa shape index (κ1) is 14.4. The third-order valence-electron chi connectivity index (χ3n) is 3.50. The second-order valence-electron chi connectivity index (χ2n) is 4.90. The molecule has 2 aromatic rings. The van der Waals surface area contributed by atoms with Gasteiger partial charge in [-0.05, 0) is 22.4 Å². The fourth-order valence-electron chi connectivity index (χ4n) is 2.63. The van der Waals surface area contributed by atoms with Gasteiger partial charge in [-0.15, -0.1) is 0 Å². The lowest BCUT2D eigenvalue weighted by Gasteiger charge is -2.16. The van der Waals surface area contributed by atoms with Crippen LogP contribution in [0.25, 0.3) is 11.2 Å². The molecule has 1 fully saturated rings. The number of halogens is 1. The molecule has 0 spiro atoms. The van der Waals surface area contributed by atoms with Gasteiger partial charge in [-0.25, -0.2) is 15.0 Å². The minimum atomic E-state index is -0.292. The Kier molecular flexibility index (Phi) is 3.90. The summed E-state index contributed by atoms with van der Waals surface area (Å²) in [6.45, 7) is 3.42. The Hall–Kier alpha value is -1.54. The van der Waals surface area contributed by atoms with E-state index >= 15 is 0 Å². The van der Waals surface area contributed by atoms with E-state index in [-0.39, 0.29) is 24.4 Å². The van der Waals surface area contributed by atoms with Crippen molar-refractivity contribution in [1.82, 2.24) is 19.5 Å². The first-order valence-electron chi connectivity index (χ1n) is 6.76. The van der Waals surface area contributed by atoms with Crippen LogP contribution in [-0.4, -0.2) is 37.7 Å². The maximum Gasteiger partial charge on any atom is 0.302 e. The Morgan fingerprint density at radius 2 is 2.43 bits per heavy atom. The highest BCUT2D eigenvalue weighted by molar-refractivity contribution is 9.10. The topological polar surface area (TPSA) is 79.1 Å². The summed E-state index contributed by atoms with van der Waals surface area (Å²) in [4.78, 5) is 23.8. The minimum Gasteiger partial charge on any atom is -0.460 e. The first-order chi connectivity index (χ1) is 10.1. The second kappa shape index (κ2) is 5.69. The largest absolute Gasteiger partial charge is 0.460 e. The van der Waals surface area contributed by atoms with E-state index in [9.17, 15) is 4.79 Å². The third kappa shape index (κ3) is 2.65. The number of imidazole rings is 1. The summed E-state index contributed by atoms with van der Waals surface area (Å²) in [7, 11) is 0. The van der Waals surface area contributed by atoms with E-state index < -0.39 is 0 Å². The van der Waals surface area contributed by atoms with Crippen LogP contribution in [0.1, 0.15) is 32.9 Å². The number of ether oxygens (including phenoxy) is 2. The van der Waals surface area contributed by atoms with Crippen LogP contribution in [0.4, 0.5) is 0 Å². The Balaban J connectivity index is 1.93. The molecule has 1 saturated heterocycles. The van der Waals surface area contributed by atoms with Crippen LogP contribution in [0.3, 0.4) is 0 Å². The SMILES string of the molecule is CC[C@H]1O[C@@H](n2c(Br)nc3cncnc32)CC1OC(C)=O. The molecular weight excluding hydrogens is 340 g/mol. The van der Waals surface area contributed by atoms with Gasteiger partial charge in [-0.2, -0.15) is 0 Å². The number of rotatable bonds is 3. The number of hydrogen-bond donors (Lipinski definition) is 0. The van der Waals surface area contributed by atoms with Gasteiger partial charge in [-0.3, -0.25) is 9.36 Å². The summed E-state index contributed by atoms with van der Waals surface area (Å²) in [5.74, 6) is -0.292. The molecule has 0 aromatic carbocycles. The molecule has 0 aliphatic carbocycles. The minimum absolute atomic E-state index is 0.120. The zero-order valence-corrected chi connectivity index (χ0v) is 13.3. The molecule has 0 N–H and O–H groups in total. The lowest BCUT2D eigenvalue weighted by atomic mass is 10.1. The predicted octanol–water partition coefficient (Wildman–Crippen LogP) is 2.22. The Morgan fingerprint density at radius 3 is 3.14 bits per heavy atom. The van der Waals surface area contributed by atoms with Crippen molar-refractivity contribution in [1.29, 1.82) is 0 Å². The third-order valence-corrected chi connectivity index (χ3v) is 4.06. The molecule has 3 atom stereocenters. The normalized spacial score (nSPS) is 25.4. The number of aromatic nitrogens is 4. The van der Waals surface area contributed by atoms with E-state index in [0.717, 1.165) is 6.42 Å². The lowest BCUT2D eigenvalue weighted by molar-refractivity contribution is -0.149. The van der Waals surface area contributed by atoms with Gasteiger partial charge in [0.15, 0.2) is 10.4 Å². The van der Waals surface area contributed by atoms with E-state index in [1.165, 1.54) is 13.3 Å². The molecule has 1 aliphatic heterocycles. The molecule has 112 valence electrons. The van der Waals surface area contributed by atoms with Gasteiger partial charge in [0.25, 0.3) is 0 Å². The predicted molar refractivity (Wildman–Crippen MR) is 77.4 cm³/mol. The van der Waals surface area contributed by atoms with Gasteiger partial charge < -0.3 is 9.47 Å². The van der Waals surface area contributed by atoms with Crippen LogP contribution < -0.4 is 0 Å². The molecule has 8 heteroatoms. The number of carbonyl (C=O) groups excluding carboxylic acids is 1. The molecule has 0 bridgehead atoms. The van der Waals surface area contributed by atoms with Gasteiger partial charge in [0.1, 0.15) is 24.2 Å². The molecule has 2 aromatic heterocycles. The highest BCUT2D eigenvalue weighted by Gasteiger charge is 2.38. The summed E-state index contributed by atoms with van der Waals surface area (Å²) in [5.41, 5.74) is 1.39. The molecule has 7 nitrogen and oxygen atoms in total. The van der Waals surface area contributed by atoms with Crippen molar-refractivity contribution < 1.29 is 14.3 Å². The second-order valence-corrected chi connectivity index (χ2v) is 5.61. The van der Waals surface area contributed by atoms with Crippen molar-refractivity contribution in [2.24, 2.45) is 0 Å². The van der Waals surface area contributed by atoms with Crippen LogP contribution in [0.2, 0.25) is 0 Å². The van der Waals surface area contributed by atoms with Crippen molar-refractivity contribution in [3.63, 3.8) is 0 Å². The Labute approximate surface area is 129 Å². The van der Waals surface area contributed by atoms with Crippen LogP contribution in [0.15, 0.2) is 17.3 Å². The summed E-state index contributed by atoms with van der Waals surface area (Å²) in [6.07, 6.45) is 3.84. The highest BCUT2D eigenvalue weighted by Crippen LogP contribution is 2.36. The summed E-state index contributed by atoms with van der Waals surface area (Å²) < 4.78 is 13.9. The summed E-state index contributed by atoms with van der Waals surface area (Å²) >= 11 is 3.43. The molecular formula is C13H15BrN4O3. The number of fused-ring (bicyclic) bond motifs is 1. The quantitative estimate of drug-likeness (QED) is 0.621. The van der Waals surface area contributed by atoms with Crippen molar-refractivity contribution >= 4 is 33.1 Å². The van der Waals surface area contributed by atoms with E-state index in [1.807, 2.05) is 11.5 Å². The smallest absolute Gasteiger partial charge is 0.302 e. The fraction of sp³-hybridized carbons (Fsp3) is 0.538. The van der Waals surface area contributed by atoms with Crippen molar-refractivity contribution in [3.05, 3.63) is 17.3 Å². The maximum atomic E-state index is 11.2. The van der Waals surface area contributed by atoms with E-state index in [4.69, 9.17) is 9.47 Å². The molecule has 3 rings (SSSR count). The lowest BCUT2D eigenvalue weighted by Crippen LogP contribution is -2.25. The number of hydrogen-bond acceptors (Lipinski definition) is 6. The van der Waals surface area contributed by atoms with Crippen molar-refractivity contribution in [2.45, 2.75) is 45.1 Å². The monoisotopic (exact) mass is 354 g/mol. The standard InChI is InChI=1S/C13H15BrN4O3/c1-3-9-10(20-7(2)19)4-11(21-9)18-12-8(17-13(18)14)5-15-6-16-12/h5-6,9-11H,3-4H2,1-2H3/t9-,10?,11-/m1/s1. The summed E-state index contributed by atoms with van der Waals surface area (Å²) in [5, 5.41) is 0. The van der Waals surface area contributed by atoms with Gasteiger partial charge >= 0.3 is 5.97 Å². The summed E-state index contributed by atoms with van der Waals surface area (Å²) in [6, 6.07) is 0. The van der Waals surface area contributed by atoms with Gasteiger partial charge in [-0.1, -0.05) is 6.92 Å². The molecule has 1 aliphatic rings. The highest BCUT2D eigenvalue weighted by atomic mass is 79.9. The Bertz CT molecular complexity index is 674. The van der Waals surface area contributed by atoms with Gasteiger partial charge in [0.2, 0.25) is 0 Å². The zero-order chi connectivity index (χ0) is 15.0. The zero-order valence-electron chi connectivity index (χ0n) is 11.7. The number of nitrogens with zero attached hydrogens (tertiary/aromatic N) is 4. The molecule has 0 radical (unpaired) electrons. The van der Waals surface area contributed by atoms with Crippen LogP contribution in [0.5, 0.6) is 0 Å². The molecule has 0 saturated carbocycles. The average Bonchev–Trinajstić information content (AvgIpc) is 2.97. The van der Waals surface area contributed by atoms with Crippen LogP contribution in [0, 0.1) is 0 Å². The molecule has 3 heterocycles. The maximum absolute atomic E-state index is 11.2. The van der Waals surface area contributed by atoms with E-state index in [2.05, 4.69) is 30.9 Å². The number of esters is 1. The van der Waals surface area contributed by atoms with E-state index in [1.54, 1.807) is 6.20 Å². The Morgan fingerprint density at radius 1 is 1.62 bits per heavy atom. The van der Waals surface area contributed by atoms with Crippen LogP contribution in [-0.2, 0) is 14.3 Å². The molecule has 1 unspecified atom stereocenters. The molecule has 21 heavy (non-hydrogen) atoms. The number of carbonyl (C=O) groups is 1. The van der Waals surface area contributed by atoms with Crippen LogP contribution >= 0.6 is 15.9 Å². The van der Waals surface area contributed by atoms with Gasteiger partial charge in [0.05, 0.1) is 12.3 Å². The first-order valence-corrected chi connectivity index (χ1v) is 7.55. The molecule has 0 amide bonds. The van der Waals surface area contributed by atoms with Crippen molar-refractivity contribution in [2.75, 3.05) is 0 Å². The van der Waals surface area contributed by atoms with E-state index in [0.29, 0.717) is 22.3 Å². The average molecular weight is 355 g/mol. The fourth-order valence-corrected chi connectivity index (χ4v) is 3.22. The van der Waals surface area contributed by atoms with Gasteiger partial charge in [0, 0.05) is 13.3 Å².